The van der Waals surface area contributed by atoms with E-state index in [9.17, 15) is 22.8 Å². The zero-order valence-electron chi connectivity index (χ0n) is 12.6. The highest BCUT2D eigenvalue weighted by Crippen LogP contribution is 2.38. The number of aliphatic carboxylic acids is 1. The molecule has 2 N–H and O–H groups in total. The van der Waals surface area contributed by atoms with Crippen LogP contribution in [0.15, 0.2) is 18.2 Å². The number of hydrogen-bond acceptors (Lipinski definition) is 3. The average Bonchev–Trinajstić information content (AvgIpc) is 2.95. The summed E-state index contributed by atoms with van der Waals surface area (Å²) in [7, 11) is 0. The predicted molar refractivity (Wildman–Crippen MR) is 77.2 cm³/mol. The van der Waals surface area contributed by atoms with E-state index >= 15 is 0 Å². The smallest absolute Gasteiger partial charge is 0.394 e. The fraction of sp³-hybridized carbons (Fsp3) is 0.400. The molecule has 0 bridgehead atoms. The van der Waals surface area contributed by atoms with E-state index in [1.807, 2.05) is 6.07 Å². The Labute approximate surface area is 135 Å². The quantitative estimate of drug-likeness (QED) is 0.865. The third kappa shape index (κ3) is 3.42. The van der Waals surface area contributed by atoms with Crippen molar-refractivity contribution in [1.29, 1.82) is 5.26 Å². The molecule has 1 aromatic carbocycles. The molecule has 24 heavy (non-hydrogen) atoms. The lowest BCUT2D eigenvalue weighted by Crippen LogP contribution is -2.35. The van der Waals surface area contributed by atoms with Crippen molar-refractivity contribution in [3.8, 4) is 6.07 Å². The molecule has 9 heteroatoms. The molecule has 1 aromatic rings. The molecule has 0 unspecified atom stereocenters. The molecular weight excluding hydrogens is 327 g/mol. The van der Waals surface area contributed by atoms with Crippen molar-refractivity contribution in [2.75, 3.05) is 18.4 Å². The number of hydrogen-bond donors (Lipinski definition) is 2. The van der Waals surface area contributed by atoms with Crippen molar-refractivity contribution in [3.63, 3.8) is 0 Å². The highest BCUT2D eigenvalue weighted by atomic mass is 19.4. The van der Waals surface area contributed by atoms with E-state index in [1.54, 1.807) is 13.0 Å². The van der Waals surface area contributed by atoms with Crippen LogP contribution in [0.4, 0.5) is 23.7 Å². The van der Waals surface area contributed by atoms with Gasteiger partial charge in [0.15, 0.2) is 0 Å². The number of carbonyl (C=O) groups excluding carboxylic acids is 1. The monoisotopic (exact) mass is 341 g/mol. The van der Waals surface area contributed by atoms with Gasteiger partial charge in [0.05, 0.1) is 23.5 Å². The summed E-state index contributed by atoms with van der Waals surface area (Å²) in [6.07, 6.45) is -4.70. The second-order valence-corrected chi connectivity index (χ2v) is 5.52. The van der Waals surface area contributed by atoms with Gasteiger partial charge in [-0.1, -0.05) is 6.07 Å². The van der Waals surface area contributed by atoms with Gasteiger partial charge in [0.1, 0.15) is 0 Å². The van der Waals surface area contributed by atoms with E-state index in [2.05, 4.69) is 5.32 Å². The molecule has 0 aromatic heterocycles. The topological polar surface area (TPSA) is 93.4 Å². The van der Waals surface area contributed by atoms with Crippen molar-refractivity contribution in [2.24, 2.45) is 11.8 Å². The number of nitriles is 1. The van der Waals surface area contributed by atoms with Crippen LogP contribution in [-0.4, -0.2) is 41.3 Å². The number of carbonyl (C=O) groups is 2. The van der Waals surface area contributed by atoms with Gasteiger partial charge < -0.3 is 15.3 Å². The Balaban J connectivity index is 2.17. The first-order valence-electron chi connectivity index (χ1n) is 7.00. The largest absolute Gasteiger partial charge is 0.481 e. The van der Waals surface area contributed by atoms with Crippen LogP contribution >= 0.6 is 0 Å². The molecule has 1 aliphatic heterocycles. The van der Waals surface area contributed by atoms with Crippen molar-refractivity contribution >= 4 is 17.7 Å². The number of anilines is 1. The second-order valence-electron chi connectivity index (χ2n) is 5.52. The third-order valence-corrected chi connectivity index (χ3v) is 4.04. The number of nitrogens with one attached hydrogen (secondary N) is 1. The van der Waals surface area contributed by atoms with E-state index in [1.165, 1.54) is 12.1 Å². The number of carboxylic acid groups (broad SMARTS) is 1. The molecule has 128 valence electrons. The number of carboxylic acids is 1. The van der Waals surface area contributed by atoms with Crippen LogP contribution in [0.5, 0.6) is 0 Å². The Morgan fingerprint density at radius 1 is 1.38 bits per heavy atom. The minimum atomic E-state index is -4.70. The van der Waals surface area contributed by atoms with Gasteiger partial charge >= 0.3 is 18.2 Å². The Morgan fingerprint density at radius 3 is 2.54 bits per heavy atom. The Kier molecular flexibility index (Phi) is 4.68. The molecule has 0 aliphatic carbocycles. The summed E-state index contributed by atoms with van der Waals surface area (Å²) in [5, 5.41) is 20.3. The maximum Gasteiger partial charge on any atom is 0.394 e. The van der Waals surface area contributed by atoms with Gasteiger partial charge in [-0.05, 0) is 24.6 Å². The summed E-state index contributed by atoms with van der Waals surface area (Å²) in [6, 6.07) is 5.70. The summed E-state index contributed by atoms with van der Waals surface area (Å²) >= 11 is 0. The molecule has 1 heterocycles. The molecule has 0 radical (unpaired) electrons. The van der Waals surface area contributed by atoms with E-state index in [-0.39, 0.29) is 0 Å². The molecular formula is C15H14F3N3O3. The van der Waals surface area contributed by atoms with Crippen molar-refractivity contribution in [3.05, 3.63) is 29.3 Å². The van der Waals surface area contributed by atoms with Crippen LogP contribution in [0.2, 0.25) is 0 Å². The van der Waals surface area contributed by atoms with Gasteiger partial charge in [-0.25, -0.2) is 4.79 Å². The van der Waals surface area contributed by atoms with E-state index in [4.69, 9.17) is 10.4 Å². The summed E-state index contributed by atoms with van der Waals surface area (Å²) < 4.78 is 38.8. The van der Waals surface area contributed by atoms with Crippen LogP contribution < -0.4 is 5.32 Å². The number of halogens is 3. The second kappa shape index (κ2) is 6.39. The van der Waals surface area contributed by atoms with Crippen LogP contribution in [0.25, 0.3) is 0 Å². The van der Waals surface area contributed by atoms with Gasteiger partial charge in [-0.2, -0.15) is 18.4 Å². The van der Waals surface area contributed by atoms with Crippen molar-refractivity contribution in [2.45, 2.75) is 13.1 Å². The van der Waals surface area contributed by atoms with E-state index < -0.39 is 43.1 Å². The highest BCUT2D eigenvalue weighted by Gasteiger charge is 2.53. The standard InChI is InChI=1S/C15H14F3N3O3/c1-8-9(5-19)3-2-4-12(8)20-14(24)21-6-10(13(22)23)11(7-21)15(16,17)18/h2-4,10-11H,6-7H2,1H3,(H,20,24)(H,22,23)/t10-,11-/m1/s1. The fourth-order valence-electron chi connectivity index (χ4n) is 2.64. The summed E-state index contributed by atoms with van der Waals surface area (Å²) in [5.41, 5.74) is 1.10. The number of rotatable bonds is 2. The minimum Gasteiger partial charge on any atom is -0.481 e. The highest BCUT2D eigenvalue weighted by molar-refractivity contribution is 5.91. The first-order valence-corrected chi connectivity index (χ1v) is 7.00. The van der Waals surface area contributed by atoms with Gasteiger partial charge in [0.25, 0.3) is 0 Å². The van der Waals surface area contributed by atoms with Gasteiger partial charge in [0, 0.05) is 18.8 Å². The maximum absolute atomic E-state index is 12.9. The van der Waals surface area contributed by atoms with Crippen LogP contribution in [0.3, 0.4) is 0 Å². The zero-order chi connectivity index (χ0) is 18.1. The molecule has 6 nitrogen and oxygen atoms in total. The minimum absolute atomic E-state index is 0.293. The van der Waals surface area contributed by atoms with E-state index in [0.717, 1.165) is 4.90 Å². The molecule has 2 rings (SSSR count). The molecule has 1 saturated heterocycles. The van der Waals surface area contributed by atoms with E-state index in [0.29, 0.717) is 16.8 Å². The SMILES string of the molecule is Cc1c(C#N)cccc1NC(=O)N1C[C@@H](C(F)(F)F)[C@H](C(=O)O)C1. The average molecular weight is 341 g/mol. The molecule has 2 amide bonds. The first kappa shape index (κ1) is 17.6. The number of amides is 2. The lowest BCUT2D eigenvalue weighted by Gasteiger charge is -2.19. The van der Waals surface area contributed by atoms with Crippen molar-refractivity contribution in [1.82, 2.24) is 4.90 Å². The first-order chi connectivity index (χ1) is 11.1. The summed E-state index contributed by atoms with van der Waals surface area (Å²) in [5.74, 6) is -5.38. The summed E-state index contributed by atoms with van der Waals surface area (Å²) in [4.78, 5) is 24.0. The number of nitrogens with zero attached hydrogens (tertiary/aromatic N) is 2. The molecule has 0 spiro atoms. The van der Waals surface area contributed by atoms with Gasteiger partial charge in [-0.15, -0.1) is 0 Å². The van der Waals surface area contributed by atoms with Crippen LogP contribution in [0, 0.1) is 30.1 Å². The van der Waals surface area contributed by atoms with Gasteiger partial charge in [-0.3, -0.25) is 4.79 Å². The fourth-order valence-corrected chi connectivity index (χ4v) is 2.64. The number of likely N-dealkylation sites (tertiary alicyclic amines) is 1. The van der Waals surface area contributed by atoms with Gasteiger partial charge in [0.2, 0.25) is 0 Å². The predicted octanol–water partition coefficient (Wildman–Crippen LogP) is 2.59. The molecule has 2 atom stereocenters. The maximum atomic E-state index is 12.9. The number of urea groups is 1. The van der Waals surface area contributed by atoms with Crippen molar-refractivity contribution < 1.29 is 27.9 Å². The van der Waals surface area contributed by atoms with Crippen LogP contribution in [-0.2, 0) is 4.79 Å². The lowest BCUT2D eigenvalue weighted by molar-refractivity contribution is -0.187. The number of alkyl halides is 3. The Bertz CT molecular complexity index is 712. The summed E-state index contributed by atoms with van der Waals surface area (Å²) in [6.45, 7) is 0.350. The zero-order valence-corrected chi connectivity index (χ0v) is 12.6. The molecule has 0 saturated carbocycles. The Morgan fingerprint density at radius 2 is 2.04 bits per heavy atom. The molecule has 1 fully saturated rings. The van der Waals surface area contributed by atoms with Crippen LogP contribution in [0.1, 0.15) is 11.1 Å². The normalized spacial score (nSPS) is 20.5. The molecule has 1 aliphatic rings. The Hall–Kier alpha value is -2.76. The number of benzene rings is 1. The third-order valence-electron chi connectivity index (χ3n) is 4.04. The lowest BCUT2D eigenvalue weighted by atomic mass is 9.96.